The molecule has 0 aliphatic carbocycles. The van der Waals surface area contributed by atoms with Gasteiger partial charge in [0, 0.05) is 6.42 Å². The van der Waals surface area contributed by atoms with Crippen LogP contribution in [0.3, 0.4) is 0 Å². The van der Waals surface area contributed by atoms with Gasteiger partial charge in [-0.3, -0.25) is 13.8 Å². The van der Waals surface area contributed by atoms with E-state index in [9.17, 15) is 19.4 Å². The Bertz CT molecular complexity index is 1870. The van der Waals surface area contributed by atoms with Gasteiger partial charge in [0.2, 0.25) is 5.91 Å². The van der Waals surface area contributed by atoms with Crippen molar-refractivity contribution in [2.45, 2.75) is 251 Å². The maximum Gasteiger partial charge on any atom is 0.472 e. The van der Waals surface area contributed by atoms with Gasteiger partial charge in [0.25, 0.3) is 0 Å². The predicted molar refractivity (Wildman–Crippen MR) is 354 cm³/mol. The van der Waals surface area contributed by atoms with Gasteiger partial charge in [0.05, 0.1) is 39.9 Å². The first kappa shape index (κ1) is 77.1. The van der Waals surface area contributed by atoms with E-state index in [0.29, 0.717) is 23.9 Å². The van der Waals surface area contributed by atoms with Crippen molar-refractivity contribution in [1.82, 2.24) is 5.32 Å². The molecule has 0 bridgehead atoms. The molecule has 460 valence electrons. The summed E-state index contributed by atoms with van der Waals surface area (Å²) in [4.78, 5) is 23.3. The number of carbonyl (C=O) groups excluding carboxylic acids is 1. The van der Waals surface area contributed by atoms with Crippen molar-refractivity contribution in [2.75, 3.05) is 40.9 Å². The topological polar surface area (TPSA) is 105 Å². The van der Waals surface area contributed by atoms with Crippen molar-refractivity contribution < 1.29 is 32.9 Å². The number of quaternary nitrogens is 1. The summed E-state index contributed by atoms with van der Waals surface area (Å²) in [6.45, 7) is 4.66. The molecule has 8 nitrogen and oxygen atoms in total. The van der Waals surface area contributed by atoms with Crippen LogP contribution in [0.5, 0.6) is 0 Å². The summed E-state index contributed by atoms with van der Waals surface area (Å²) in [7, 11) is 1.52. The first-order chi connectivity index (χ1) is 39.5. The van der Waals surface area contributed by atoms with Gasteiger partial charge in [-0.05, 0) is 109 Å². The number of unbranched alkanes of at least 4 members (excludes halogenated alkanes) is 20. The van der Waals surface area contributed by atoms with Crippen molar-refractivity contribution in [1.29, 1.82) is 0 Å². The number of nitrogens with zero attached hydrogens (tertiary/aromatic N) is 1. The molecule has 0 aromatic rings. The van der Waals surface area contributed by atoms with Crippen molar-refractivity contribution in [3.63, 3.8) is 0 Å². The van der Waals surface area contributed by atoms with E-state index in [4.69, 9.17) is 9.05 Å². The highest BCUT2D eigenvalue weighted by Gasteiger charge is 2.27. The lowest BCUT2D eigenvalue weighted by molar-refractivity contribution is -0.870. The molecule has 0 saturated heterocycles. The van der Waals surface area contributed by atoms with Gasteiger partial charge < -0.3 is 19.8 Å². The molecule has 9 heteroatoms. The van der Waals surface area contributed by atoms with Gasteiger partial charge in [0.1, 0.15) is 13.2 Å². The zero-order valence-corrected chi connectivity index (χ0v) is 53.4. The molecule has 81 heavy (non-hydrogen) atoms. The van der Waals surface area contributed by atoms with Crippen LogP contribution in [0, 0.1) is 0 Å². The Morgan fingerprint density at radius 3 is 1.09 bits per heavy atom. The molecule has 0 aliphatic heterocycles. The Balaban J connectivity index is 4.28. The average Bonchev–Trinajstić information content (AvgIpc) is 3.43. The molecular formula is C72H122N2O6P+. The van der Waals surface area contributed by atoms with Crippen molar-refractivity contribution in [2.24, 2.45) is 0 Å². The van der Waals surface area contributed by atoms with Gasteiger partial charge in [0.15, 0.2) is 0 Å². The molecule has 0 aromatic carbocycles. The lowest BCUT2D eigenvalue weighted by Crippen LogP contribution is -2.45. The molecule has 0 spiro atoms. The van der Waals surface area contributed by atoms with Gasteiger partial charge in [-0.25, -0.2) is 4.57 Å². The number of aliphatic hydroxyl groups excluding tert-OH is 1. The Morgan fingerprint density at radius 2 is 0.741 bits per heavy atom. The van der Waals surface area contributed by atoms with Gasteiger partial charge in [-0.15, -0.1) is 0 Å². The molecule has 0 rings (SSSR count). The molecule has 0 heterocycles. The molecule has 3 atom stereocenters. The quantitative estimate of drug-likeness (QED) is 0.0243. The van der Waals surface area contributed by atoms with E-state index in [2.05, 4.69) is 165 Å². The first-order valence-corrected chi connectivity index (χ1v) is 33.9. The number of hydrogen-bond donors (Lipinski definition) is 3. The van der Waals surface area contributed by atoms with Crippen LogP contribution in [-0.2, 0) is 18.4 Å². The number of rotatable bonds is 57. The zero-order valence-electron chi connectivity index (χ0n) is 52.5. The normalized spacial score (nSPS) is 14.8. The summed E-state index contributed by atoms with van der Waals surface area (Å²) in [6, 6.07) is -0.883. The van der Waals surface area contributed by atoms with Crippen LogP contribution < -0.4 is 5.32 Å². The SMILES string of the molecule is CC/C=C\C/C=C\C/C=C\C/C=C\C/C=C\C/C=C\C/C=C\C/C=C\C/C=C\C/C=C\C/C=C\C/C=C\CCCCC(=O)NC(COP(=O)(O)OCC[N+](C)(C)C)C(O)/C=C/CCCCCCCCCCCCCCCCCCCC. The van der Waals surface area contributed by atoms with E-state index < -0.39 is 20.0 Å². The maximum atomic E-state index is 13.0. The maximum absolute atomic E-state index is 13.0. The van der Waals surface area contributed by atoms with E-state index in [1.54, 1.807) is 6.08 Å². The fourth-order valence-electron chi connectivity index (χ4n) is 8.49. The fourth-order valence-corrected chi connectivity index (χ4v) is 9.23. The van der Waals surface area contributed by atoms with Crippen LogP contribution in [0.1, 0.15) is 239 Å². The molecule has 0 aromatic heterocycles. The summed E-state index contributed by atoms with van der Waals surface area (Å²) < 4.78 is 23.7. The number of phosphoric acid groups is 1. The first-order valence-electron chi connectivity index (χ1n) is 32.4. The van der Waals surface area contributed by atoms with E-state index >= 15 is 0 Å². The number of hydrogen-bond acceptors (Lipinski definition) is 5. The lowest BCUT2D eigenvalue weighted by atomic mass is 10.0. The fraction of sp³-hybridized carbons (Fsp3) is 0.625. The average molecular weight is 1140 g/mol. The summed E-state index contributed by atoms with van der Waals surface area (Å²) in [5.41, 5.74) is 0. The second-order valence-corrected chi connectivity index (χ2v) is 23.9. The molecular weight excluding hydrogens is 1020 g/mol. The summed E-state index contributed by atoms with van der Waals surface area (Å²) in [5.74, 6) is -0.224. The summed E-state index contributed by atoms with van der Waals surface area (Å²) in [6.07, 6.45) is 95.1. The molecule has 0 saturated carbocycles. The van der Waals surface area contributed by atoms with Crippen LogP contribution in [-0.4, -0.2) is 73.4 Å². The molecule has 0 aliphatic rings. The minimum absolute atomic E-state index is 0.0447. The third kappa shape index (κ3) is 63.5. The van der Waals surface area contributed by atoms with Crippen LogP contribution in [0.25, 0.3) is 0 Å². The third-order valence-electron chi connectivity index (χ3n) is 13.5. The van der Waals surface area contributed by atoms with E-state index in [1.165, 1.54) is 103 Å². The molecule has 0 fully saturated rings. The second-order valence-electron chi connectivity index (χ2n) is 22.4. The predicted octanol–water partition coefficient (Wildman–Crippen LogP) is 20.6. The number of likely N-dealkylation sites (N-methyl/N-ethyl adjacent to an activating group) is 1. The minimum atomic E-state index is -4.37. The summed E-state index contributed by atoms with van der Waals surface area (Å²) >= 11 is 0. The number of allylic oxidation sites excluding steroid dienone is 25. The van der Waals surface area contributed by atoms with Crippen LogP contribution in [0.2, 0.25) is 0 Å². The van der Waals surface area contributed by atoms with Crippen LogP contribution >= 0.6 is 7.82 Å². The smallest absolute Gasteiger partial charge is 0.387 e. The highest BCUT2D eigenvalue weighted by molar-refractivity contribution is 7.47. The van der Waals surface area contributed by atoms with E-state index in [0.717, 1.165) is 109 Å². The highest BCUT2D eigenvalue weighted by Crippen LogP contribution is 2.43. The highest BCUT2D eigenvalue weighted by atomic mass is 31.2. The second kappa shape index (κ2) is 60.7. The van der Waals surface area contributed by atoms with Crippen molar-refractivity contribution in [3.05, 3.63) is 158 Å². The third-order valence-corrected chi connectivity index (χ3v) is 14.5. The number of nitrogens with one attached hydrogen (secondary N) is 1. The van der Waals surface area contributed by atoms with Crippen molar-refractivity contribution in [3.8, 4) is 0 Å². The standard InChI is InChI=1S/C72H121N2O6P/c1-6-8-10-12-14-16-18-20-22-24-26-28-29-30-31-32-33-34-35-36-37-38-39-40-41-42-43-44-45-46-48-50-52-54-56-58-60-62-64-66-72(76)73-70(69-80-81(77,78)79-68-67-74(3,4)5)71(75)65-63-61-59-57-55-53-51-49-47-27-25-23-21-19-17-15-13-11-9-7-2/h8,10,14,16,20,22,26,28,30-31,33-34,36-37,39-40,42-43,45-46,50,52,56,58,63,65,70-71,75H,6-7,9,11-13,15,17-19,21,23-25,27,29,32,35,38,41,44,47-49,51,53-55,57,59-62,64,66-69H2,1-5H3,(H-,73,76,77,78)/p+1/b10-8-,16-14-,22-20-,28-26-,31-30-,34-33-,37-36-,40-39-,43-42-,46-45-,52-50-,58-56-,65-63+. The molecule has 0 radical (unpaired) electrons. The largest absolute Gasteiger partial charge is 0.472 e. The van der Waals surface area contributed by atoms with Gasteiger partial charge >= 0.3 is 7.82 Å². The van der Waals surface area contributed by atoms with Gasteiger partial charge in [-0.1, -0.05) is 281 Å². The van der Waals surface area contributed by atoms with Crippen LogP contribution in [0.15, 0.2) is 158 Å². The molecule has 3 N–H and O–H groups in total. The lowest BCUT2D eigenvalue weighted by Gasteiger charge is -2.25. The number of phosphoric ester groups is 1. The molecule has 1 amide bonds. The number of aliphatic hydroxyl groups is 1. The van der Waals surface area contributed by atoms with Crippen molar-refractivity contribution >= 4 is 13.7 Å². The zero-order chi connectivity index (χ0) is 59.1. The Labute approximate surface area is 499 Å². The van der Waals surface area contributed by atoms with Gasteiger partial charge in [-0.2, -0.15) is 0 Å². The number of carbonyl (C=O) groups is 1. The van der Waals surface area contributed by atoms with Crippen LogP contribution in [0.4, 0.5) is 0 Å². The summed E-state index contributed by atoms with van der Waals surface area (Å²) in [5, 5.41) is 13.9. The minimum Gasteiger partial charge on any atom is -0.387 e. The Kier molecular flexibility index (Phi) is 57.8. The monoisotopic (exact) mass is 1140 g/mol. The number of amides is 1. The van der Waals surface area contributed by atoms with E-state index in [1.807, 2.05) is 27.2 Å². The van der Waals surface area contributed by atoms with E-state index in [-0.39, 0.29) is 19.1 Å². The Morgan fingerprint density at radius 1 is 0.432 bits per heavy atom. The molecule has 3 unspecified atom stereocenters. The Hall–Kier alpha value is -3.88.